The zero-order valence-corrected chi connectivity index (χ0v) is 14.7. The summed E-state index contributed by atoms with van der Waals surface area (Å²) >= 11 is 0. The maximum absolute atomic E-state index is 11.7. The number of carbonyl (C=O) groups is 1. The lowest BCUT2D eigenvalue weighted by molar-refractivity contribution is 0.0470. The molecule has 2 rings (SSSR count). The molecule has 5 nitrogen and oxygen atoms in total. The van der Waals surface area contributed by atoms with Gasteiger partial charge in [-0.3, -0.25) is 0 Å². The highest BCUT2D eigenvalue weighted by Crippen LogP contribution is 2.36. The van der Waals surface area contributed by atoms with E-state index in [1.54, 1.807) is 6.92 Å². The molecule has 0 atom stereocenters. The first kappa shape index (κ1) is 17.2. The zero-order chi connectivity index (χ0) is 17.2. The summed E-state index contributed by atoms with van der Waals surface area (Å²) < 4.78 is 9.94. The second-order valence-corrected chi connectivity index (χ2v) is 6.83. The number of rotatable bonds is 3. The van der Waals surface area contributed by atoms with Crippen LogP contribution in [-0.2, 0) is 4.74 Å². The maximum atomic E-state index is 11.7. The van der Waals surface area contributed by atoms with E-state index in [0.717, 1.165) is 17.6 Å². The largest absolute Gasteiger partial charge is 0.459 e. The van der Waals surface area contributed by atoms with E-state index in [9.17, 15) is 4.79 Å². The van der Waals surface area contributed by atoms with Gasteiger partial charge in [0.25, 0.3) is 0 Å². The average Bonchev–Trinajstić information content (AvgIpc) is 2.85. The normalized spacial score (nSPS) is 15.9. The van der Waals surface area contributed by atoms with Crippen LogP contribution in [0.5, 0.6) is 0 Å². The minimum absolute atomic E-state index is 0.0404. The van der Waals surface area contributed by atoms with Gasteiger partial charge in [0.1, 0.15) is 0 Å². The summed E-state index contributed by atoms with van der Waals surface area (Å²) in [5.41, 5.74) is 4.55. The van der Waals surface area contributed by atoms with Crippen LogP contribution in [0, 0.1) is 5.41 Å². The summed E-state index contributed by atoms with van der Waals surface area (Å²) in [6.07, 6.45) is 5.15. The number of nitrogens with zero attached hydrogens (tertiary/aromatic N) is 2. The Labute approximate surface area is 137 Å². The molecule has 0 aliphatic heterocycles. The van der Waals surface area contributed by atoms with E-state index < -0.39 is 5.97 Å². The van der Waals surface area contributed by atoms with Crippen LogP contribution in [-0.4, -0.2) is 22.7 Å². The minimum atomic E-state index is -0.593. The molecule has 0 bridgehead atoms. The predicted octanol–water partition coefficient (Wildman–Crippen LogP) is 4.34. The van der Waals surface area contributed by atoms with Crippen LogP contribution in [0.2, 0.25) is 0 Å². The first-order valence-electron chi connectivity index (χ1n) is 7.82. The fourth-order valence-electron chi connectivity index (χ4n) is 2.47. The summed E-state index contributed by atoms with van der Waals surface area (Å²) in [4.78, 5) is 15.9. The molecule has 1 heterocycles. The van der Waals surface area contributed by atoms with Gasteiger partial charge in [0.2, 0.25) is 5.82 Å². The minimum Gasteiger partial charge on any atom is -0.459 e. The molecule has 1 aromatic rings. The van der Waals surface area contributed by atoms with Crippen LogP contribution < -0.4 is 0 Å². The molecule has 5 heteroatoms. The van der Waals surface area contributed by atoms with Crippen molar-refractivity contribution in [2.75, 3.05) is 6.61 Å². The lowest BCUT2D eigenvalue weighted by Crippen LogP contribution is -2.10. The number of allylic oxidation sites excluding steroid dienone is 6. The lowest BCUT2D eigenvalue weighted by atomic mass is 9.82. The summed E-state index contributed by atoms with van der Waals surface area (Å²) in [5, 5.41) is 3.96. The molecule has 0 unspecified atom stereocenters. The van der Waals surface area contributed by atoms with Gasteiger partial charge >= 0.3 is 11.9 Å². The van der Waals surface area contributed by atoms with Crippen molar-refractivity contribution in [2.45, 2.75) is 48.0 Å². The fourth-order valence-corrected chi connectivity index (χ4v) is 2.47. The third-order valence-electron chi connectivity index (χ3n) is 3.76. The lowest BCUT2D eigenvalue weighted by Gasteiger charge is -2.23. The summed E-state index contributed by atoms with van der Waals surface area (Å²) in [5.74, 6) is -0.291. The molecule has 0 aromatic carbocycles. The van der Waals surface area contributed by atoms with Gasteiger partial charge in [-0.1, -0.05) is 49.2 Å². The van der Waals surface area contributed by atoms with Gasteiger partial charge in [-0.15, -0.1) is 0 Å². The zero-order valence-electron chi connectivity index (χ0n) is 14.7. The van der Waals surface area contributed by atoms with E-state index in [2.05, 4.69) is 50.0 Å². The molecule has 0 radical (unpaired) electrons. The number of esters is 1. The number of hydrogen-bond donors (Lipinski definition) is 0. The SMILES string of the molecule is CCOC(=O)c1nc(C2=C(C)C=C(C)CC(C(C)(C)C)=C2)no1. The Kier molecular flexibility index (Phi) is 4.88. The van der Waals surface area contributed by atoms with Crippen molar-refractivity contribution in [3.8, 4) is 0 Å². The van der Waals surface area contributed by atoms with Crippen molar-refractivity contribution in [3.63, 3.8) is 0 Å². The topological polar surface area (TPSA) is 65.2 Å². The highest BCUT2D eigenvalue weighted by Gasteiger charge is 2.23. The molecule has 0 saturated carbocycles. The second-order valence-electron chi connectivity index (χ2n) is 6.83. The van der Waals surface area contributed by atoms with Crippen LogP contribution in [0.4, 0.5) is 0 Å². The smallest absolute Gasteiger partial charge is 0.397 e. The monoisotopic (exact) mass is 316 g/mol. The highest BCUT2D eigenvalue weighted by atomic mass is 16.6. The van der Waals surface area contributed by atoms with E-state index >= 15 is 0 Å². The maximum Gasteiger partial charge on any atom is 0.397 e. The molecule has 1 aliphatic carbocycles. The first-order chi connectivity index (χ1) is 10.7. The van der Waals surface area contributed by atoms with E-state index in [-0.39, 0.29) is 17.9 Å². The van der Waals surface area contributed by atoms with Crippen LogP contribution >= 0.6 is 0 Å². The summed E-state index contributed by atoms with van der Waals surface area (Å²) in [6.45, 7) is 12.7. The van der Waals surface area contributed by atoms with E-state index in [1.165, 1.54) is 11.1 Å². The van der Waals surface area contributed by atoms with Crippen molar-refractivity contribution in [1.29, 1.82) is 0 Å². The highest BCUT2D eigenvalue weighted by molar-refractivity contribution is 5.85. The predicted molar refractivity (Wildman–Crippen MR) is 88.8 cm³/mol. The Morgan fingerprint density at radius 2 is 2.00 bits per heavy atom. The standard InChI is InChI=1S/C18H24N2O3/c1-7-22-17(21)16-19-15(20-23-16)14-10-13(18(4,5)6)9-11(2)8-12(14)3/h8,10H,7,9H2,1-6H3. The van der Waals surface area contributed by atoms with Gasteiger partial charge in [0, 0.05) is 5.57 Å². The van der Waals surface area contributed by atoms with Crippen molar-refractivity contribution >= 4 is 11.5 Å². The van der Waals surface area contributed by atoms with Crippen molar-refractivity contribution in [1.82, 2.24) is 10.1 Å². The fraction of sp³-hybridized carbons (Fsp3) is 0.500. The molecule has 0 saturated heterocycles. The molecule has 0 amide bonds. The van der Waals surface area contributed by atoms with Gasteiger partial charge < -0.3 is 9.26 Å². The molecule has 1 aromatic heterocycles. The Morgan fingerprint density at radius 3 is 2.61 bits per heavy atom. The van der Waals surface area contributed by atoms with Gasteiger partial charge in [-0.05, 0) is 38.2 Å². The van der Waals surface area contributed by atoms with Crippen LogP contribution in [0.25, 0.3) is 5.57 Å². The van der Waals surface area contributed by atoms with Crippen molar-refractivity contribution in [3.05, 3.63) is 40.6 Å². The Bertz CT molecular complexity index is 700. The molecule has 23 heavy (non-hydrogen) atoms. The Balaban J connectivity index is 2.47. The molecule has 0 spiro atoms. The van der Waals surface area contributed by atoms with E-state index in [4.69, 9.17) is 9.26 Å². The van der Waals surface area contributed by atoms with Gasteiger partial charge in [-0.2, -0.15) is 4.98 Å². The van der Waals surface area contributed by atoms with E-state index in [0.29, 0.717) is 5.82 Å². The average molecular weight is 316 g/mol. The third-order valence-corrected chi connectivity index (χ3v) is 3.76. The molecule has 124 valence electrons. The van der Waals surface area contributed by atoms with Crippen LogP contribution in [0.1, 0.15) is 64.5 Å². The van der Waals surface area contributed by atoms with E-state index in [1.807, 2.05) is 6.92 Å². The first-order valence-corrected chi connectivity index (χ1v) is 7.82. The van der Waals surface area contributed by atoms with Gasteiger partial charge in [0.05, 0.1) is 6.61 Å². The summed E-state index contributed by atoms with van der Waals surface area (Å²) in [6, 6.07) is 0. The van der Waals surface area contributed by atoms with Gasteiger partial charge in [0.15, 0.2) is 0 Å². The third kappa shape index (κ3) is 3.97. The Hall–Kier alpha value is -2.17. The molecule has 1 aliphatic rings. The number of ether oxygens (including phenoxy) is 1. The van der Waals surface area contributed by atoms with Gasteiger partial charge in [-0.25, -0.2) is 4.79 Å². The summed E-state index contributed by atoms with van der Waals surface area (Å²) in [7, 11) is 0. The molecule has 0 fully saturated rings. The quantitative estimate of drug-likeness (QED) is 0.776. The second kappa shape index (κ2) is 6.52. The number of aromatic nitrogens is 2. The van der Waals surface area contributed by atoms with Crippen LogP contribution in [0.3, 0.4) is 0 Å². The Morgan fingerprint density at radius 1 is 1.30 bits per heavy atom. The van der Waals surface area contributed by atoms with Crippen LogP contribution in [0.15, 0.2) is 33.4 Å². The van der Waals surface area contributed by atoms with Crippen molar-refractivity contribution < 1.29 is 14.1 Å². The number of hydrogen-bond acceptors (Lipinski definition) is 5. The number of carbonyl (C=O) groups excluding carboxylic acids is 1. The van der Waals surface area contributed by atoms with Crippen molar-refractivity contribution in [2.24, 2.45) is 5.41 Å². The molecular formula is C18H24N2O3. The molecular weight excluding hydrogens is 292 g/mol. The molecule has 0 N–H and O–H groups in total.